The van der Waals surface area contributed by atoms with Crippen LogP contribution in [0.4, 0.5) is 13.2 Å². The van der Waals surface area contributed by atoms with Crippen LogP contribution in [0.5, 0.6) is 0 Å². The molecule has 0 aliphatic carbocycles. The Kier molecular flexibility index (Phi) is 4.71. The molecule has 26 heavy (non-hydrogen) atoms. The highest BCUT2D eigenvalue weighted by atomic mass is 19.4. The molecule has 3 rings (SSSR count). The molecule has 2 aromatic rings. The van der Waals surface area contributed by atoms with Gasteiger partial charge in [-0.2, -0.15) is 18.3 Å². The van der Waals surface area contributed by atoms with Crippen molar-refractivity contribution in [3.8, 4) is 5.69 Å². The molecule has 2 heterocycles. The van der Waals surface area contributed by atoms with Gasteiger partial charge >= 0.3 is 12.1 Å². The van der Waals surface area contributed by atoms with Crippen LogP contribution in [-0.4, -0.2) is 44.3 Å². The second-order valence-electron chi connectivity index (χ2n) is 6.04. The molecule has 0 bridgehead atoms. The van der Waals surface area contributed by atoms with Crippen molar-refractivity contribution in [1.29, 1.82) is 0 Å². The van der Waals surface area contributed by atoms with E-state index in [0.717, 1.165) is 18.6 Å². The molecule has 1 amide bonds. The van der Waals surface area contributed by atoms with E-state index in [-0.39, 0.29) is 11.4 Å². The number of carboxylic acid groups (broad SMARTS) is 1. The zero-order chi connectivity index (χ0) is 18.9. The minimum atomic E-state index is -4.48. The molecule has 1 aliphatic heterocycles. The standard InChI is InChI=1S/C17H16F3N3O3/c18-17(19,20)11-4-3-5-12(10-11)23-9-7-13(21-23)15(24)22-8-2-1-6-14(22)16(25)26/h3-5,7,9-10,14H,1-2,6,8H2,(H,25,26). The van der Waals surface area contributed by atoms with E-state index in [4.69, 9.17) is 0 Å². The molecule has 9 heteroatoms. The molecule has 0 radical (unpaired) electrons. The number of halogens is 3. The fourth-order valence-electron chi connectivity index (χ4n) is 2.99. The molecule has 0 saturated carbocycles. The summed E-state index contributed by atoms with van der Waals surface area (Å²) >= 11 is 0. The van der Waals surface area contributed by atoms with Crippen LogP contribution in [0.15, 0.2) is 36.5 Å². The van der Waals surface area contributed by atoms with Crippen LogP contribution in [0.1, 0.15) is 35.3 Å². The molecular weight excluding hydrogens is 351 g/mol. The van der Waals surface area contributed by atoms with Gasteiger partial charge in [0.05, 0.1) is 11.3 Å². The number of alkyl halides is 3. The highest BCUT2D eigenvalue weighted by Crippen LogP contribution is 2.30. The number of piperidine rings is 1. The number of carbonyl (C=O) groups excluding carboxylic acids is 1. The van der Waals surface area contributed by atoms with Crippen molar-refractivity contribution in [2.45, 2.75) is 31.5 Å². The summed E-state index contributed by atoms with van der Waals surface area (Å²) in [6.45, 7) is 0.312. The molecule has 1 aliphatic rings. The zero-order valence-electron chi connectivity index (χ0n) is 13.6. The smallest absolute Gasteiger partial charge is 0.416 e. The molecule has 1 aromatic carbocycles. The Balaban J connectivity index is 1.86. The summed E-state index contributed by atoms with van der Waals surface area (Å²) in [5.41, 5.74) is -0.664. The van der Waals surface area contributed by atoms with Gasteiger partial charge in [-0.25, -0.2) is 9.48 Å². The fraction of sp³-hybridized carbons (Fsp3) is 0.353. The summed E-state index contributed by atoms with van der Waals surface area (Å²) in [7, 11) is 0. The first-order chi connectivity index (χ1) is 12.3. The number of benzene rings is 1. The van der Waals surface area contributed by atoms with Crippen LogP contribution in [0.25, 0.3) is 5.69 Å². The third-order valence-corrected chi connectivity index (χ3v) is 4.29. The number of amides is 1. The summed E-state index contributed by atoms with van der Waals surface area (Å²) < 4.78 is 39.7. The Labute approximate surface area is 146 Å². The van der Waals surface area contributed by atoms with E-state index in [2.05, 4.69) is 5.10 Å². The second-order valence-corrected chi connectivity index (χ2v) is 6.04. The lowest BCUT2D eigenvalue weighted by atomic mass is 10.0. The van der Waals surface area contributed by atoms with Crippen molar-refractivity contribution in [3.05, 3.63) is 47.8 Å². The molecule has 1 saturated heterocycles. The van der Waals surface area contributed by atoms with Crippen molar-refractivity contribution in [3.63, 3.8) is 0 Å². The summed E-state index contributed by atoms with van der Waals surface area (Å²) in [5, 5.41) is 13.3. The van der Waals surface area contributed by atoms with Crippen molar-refractivity contribution in [1.82, 2.24) is 14.7 Å². The average Bonchev–Trinajstić information content (AvgIpc) is 3.10. The lowest BCUT2D eigenvalue weighted by Gasteiger charge is -2.32. The molecule has 1 fully saturated rings. The van der Waals surface area contributed by atoms with E-state index >= 15 is 0 Å². The van der Waals surface area contributed by atoms with Gasteiger partial charge in [0.2, 0.25) is 0 Å². The number of carboxylic acids is 1. The highest BCUT2D eigenvalue weighted by molar-refractivity contribution is 5.95. The predicted molar refractivity (Wildman–Crippen MR) is 84.9 cm³/mol. The van der Waals surface area contributed by atoms with Crippen molar-refractivity contribution < 1.29 is 27.9 Å². The van der Waals surface area contributed by atoms with Crippen molar-refractivity contribution >= 4 is 11.9 Å². The number of rotatable bonds is 3. The second kappa shape index (κ2) is 6.81. The van der Waals surface area contributed by atoms with E-state index in [0.29, 0.717) is 19.4 Å². The van der Waals surface area contributed by atoms with Crippen LogP contribution < -0.4 is 0 Å². The Morgan fingerprint density at radius 3 is 2.65 bits per heavy atom. The van der Waals surface area contributed by atoms with Crippen LogP contribution in [0.2, 0.25) is 0 Å². The van der Waals surface area contributed by atoms with E-state index in [1.807, 2.05) is 0 Å². The SMILES string of the molecule is O=C(O)C1CCCCN1C(=O)c1ccn(-c2cccc(C(F)(F)F)c2)n1. The van der Waals surface area contributed by atoms with Crippen LogP contribution in [0.3, 0.4) is 0 Å². The molecule has 6 nitrogen and oxygen atoms in total. The first kappa shape index (κ1) is 18.0. The Hall–Kier alpha value is -2.84. The minimum absolute atomic E-state index is 0.00411. The van der Waals surface area contributed by atoms with E-state index in [1.54, 1.807) is 0 Å². The fourth-order valence-corrected chi connectivity index (χ4v) is 2.99. The maximum atomic E-state index is 12.8. The molecule has 1 atom stereocenters. The lowest BCUT2D eigenvalue weighted by Crippen LogP contribution is -2.48. The quantitative estimate of drug-likeness (QED) is 0.905. The van der Waals surface area contributed by atoms with Crippen molar-refractivity contribution in [2.75, 3.05) is 6.54 Å². The average molecular weight is 367 g/mol. The maximum Gasteiger partial charge on any atom is 0.416 e. The summed E-state index contributed by atoms with van der Waals surface area (Å²) in [6, 6.07) is 5.04. The van der Waals surface area contributed by atoms with E-state index < -0.39 is 29.7 Å². The van der Waals surface area contributed by atoms with E-state index in [9.17, 15) is 27.9 Å². The third kappa shape index (κ3) is 3.56. The number of nitrogens with zero attached hydrogens (tertiary/aromatic N) is 3. The predicted octanol–water partition coefficient (Wildman–Crippen LogP) is 2.97. The van der Waals surface area contributed by atoms with E-state index in [1.165, 1.54) is 34.0 Å². The van der Waals surface area contributed by atoms with Gasteiger partial charge in [0, 0.05) is 12.7 Å². The van der Waals surface area contributed by atoms with Gasteiger partial charge in [-0.3, -0.25) is 4.79 Å². The molecule has 1 unspecified atom stereocenters. The molecule has 138 valence electrons. The lowest BCUT2D eigenvalue weighted by molar-refractivity contribution is -0.143. The van der Waals surface area contributed by atoms with Gasteiger partial charge in [-0.15, -0.1) is 0 Å². The Morgan fingerprint density at radius 1 is 1.19 bits per heavy atom. The number of hydrogen-bond acceptors (Lipinski definition) is 3. The number of carbonyl (C=O) groups is 2. The Bertz CT molecular complexity index is 832. The number of aromatic nitrogens is 2. The normalized spacial score (nSPS) is 18.0. The zero-order valence-corrected chi connectivity index (χ0v) is 13.6. The summed E-state index contributed by atoms with van der Waals surface area (Å²) in [6.07, 6.45) is -1.31. The van der Waals surface area contributed by atoms with Gasteiger partial charge in [0.15, 0.2) is 5.69 Å². The monoisotopic (exact) mass is 367 g/mol. The van der Waals surface area contributed by atoms with Gasteiger partial charge in [0.1, 0.15) is 6.04 Å². The van der Waals surface area contributed by atoms with Gasteiger partial charge in [-0.05, 0) is 43.5 Å². The third-order valence-electron chi connectivity index (χ3n) is 4.29. The van der Waals surface area contributed by atoms with Gasteiger partial charge in [-0.1, -0.05) is 6.07 Å². The van der Waals surface area contributed by atoms with Crippen LogP contribution >= 0.6 is 0 Å². The number of likely N-dealkylation sites (tertiary alicyclic amines) is 1. The first-order valence-electron chi connectivity index (χ1n) is 8.04. The molecule has 1 N–H and O–H groups in total. The first-order valence-corrected chi connectivity index (χ1v) is 8.04. The topological polar surface area (TPSA) is 75.4 Å². The maximum absolute atomic E-state index is 12.8. The number of hydrogen-bond donors (Lipinski definition) is 1. The van der Waals surface area contributed by atoms with Gasteiger partial charge < -0.3 is 10.0 Å². The number of aliphatic carboxylic acids is 1. The minimum Gasteiger partial charge on any atom is -0.480 e. The van der Waals surface area contributed by atoms with Gasteiger partial charge in [0.25, 0.3) is 5.91 Å². The Morgan fingerprint density at radius 2 is 1.96 bits per heavy atom. The highest BCUT2D eigenvalue weighted by Gasteiger charge is 2.34. The molecule has 1 aromatic heterocycles. The molecule has 0 spiro atoms. The molecular formula is C17H16F3N3O3. The van der Waals surface area contributed by atoms with Crippen LogP contribution in [0, 0.1) is 0 Å². The summed E-state index contributed by atoms with van der Waals surface area (Å²) in [4.78, 5) is 25.2. The van der Waals surface area contributed by atoms with Crippen LogP contribution in [-0.2, 0) is 11.0 Å². The summed E-state index contributed by atoms with van der Waals surface area (Å²) in [5.74, 6) is -1.61. The largest absolute Gasteiger partial charge is 0.480 e. The van der Waals surface area contributed by atoms with Crippen molar-refractivity contribution in [2.24, 2.45) is 0 Å².